The molecule has 164 valence electrons. The van der Waals surface area contributed by atoms with Gasteiger partial charge in [-0.1, -0.05) is 11.8 Å². The van der Waals surface area contributed by atoms with Gasteiger partial charge in [0.25, 0.3) is 10.2 Å². The first kappa shape index (κ1) is 22.1. The summed E-state index contributed by atoms with van der Waals surface area (Å²) in [6.07, 6.45) is 1.39. The maximum absolute atomic E-state index is 10.9. The molecule has 3 aromatic heterocycles. The molecule has 4 rings (SSSR count). The van der Waals surface area contributed by atoms with Crippen molar-refractivity contribution in [3.63, 3.8) is 0 Å². The monoisotopic (exact) mass is 576 g/mol. The molecule has 4 aromatic rings. The van der Waals surface area contributed by atoms with Gasteiger partial charge in [-0.15, -0.1) is 5.10 Å². The van der Waals surface area contributed by atoms with Crippen LogP contribution in [0.15, 0.2) is 33.0 Å². The van der Waals surface area contributed by atoms with Crippen molar-refractivity contribution < 1.29 is 12.9 Å². The average Bonchev–Trinajstić information content (AvgIpc) is 3.29. The summed E-state index contributed by atoms with van der Waals surface area (Å²) >= 11 is 3.66. The van der Waals surface area contributed by atoms with E-state index in [1.54, 1.807) is 0 Å². The number of imidazole rings is 1. The highest BCUT2D eigenvalue weighted by molar-refractivity contribution is 14.1. The second-order valence-corrected chi connectivity index (χ2v) is 9.84. The smallest absolute Gasteiger partial charge is 0.274 e. The molecule has 0 saturated heterocycles. The highest BCUT2D eigenvalue weighted by atomic mass is 127. The Bertz CT molecular complexity index is 1340. The van der Waals surface area contributed by atoms with Crippen LogP contribution in [0.4, 0.5) is 5.82 Å². The summed E-state index contributed by atoms with van der Waals surface area (Å²) in [6.45, 7) is 1.66. The summed E-state index contributed by atoms with van der Waals surface area (Å²) in [5.41, 5.74) is 8.37. The Morgan fingerprint density at radius 2 is 2.06 bits per heavy atom. The molecule has 16 heteroatoms. The molecule has 1 aromatic carbocycles. The largest absolute Gasteiger partial charge is 0.382 e. The van der Waals surface area contributed by atoms with Gasteiger partial charge in [0.05, 0.1) is 0 Å². The van der Waals surface area contributed by atoms with E-state index in [1.165, 1.54) is 18.1 Å². The van der Waals surface area contributed by atoms with Gasteiger partial charge in [0.1, 0.15) is 11.8 Å². The number of aromatic nitrogens is 6. The Labute approximate surface area is 194 Å². The second-order valence-electron chi connectivity index (χ2n) is 6.29. The van der Waals surface area contributed by atoms with Gasteiger partial charge in [0.2, 0.25) is 0 Å². The zero-order valence-corrected chi connectivity index (χ0v) is 19.6. The van der Waals surface area contributed by atoms with E-state index in [1.807, 2.05) is 16.7 Å². The Morgan fingerprint density at radius 3 is 2.87 bits per heavy atom. The van der Waals surface area contributed by atoms with Gasteiger partial charge in [-0.3, -0.25) is 0 Å². The molecule has 3 heterocycles. The van der Waals surface area contributed by atoms with E-state index in [0.29, 0.717) is 52.9 Å². The molecule has 0 radical (unpaired) electrons. The van der Waals surface area contributed by atoms with Crippen LogP contribution in [-0.2, 0) is 16.8 Å². The summed E-state index contributed by atoms with van der Waals surface area (Å²) < 4.78 is 32.1. The van der Waals surface area contributed by atoms with E-state index in [-0.39, 0.29) is 6.54 Å². The number of nitrogens with two attached hydrogens (primary N) is 2. The Kier molecular flexibility index (Phi) is 6.53. The van der Waals surface area contributed by atoms with Crippen LogP contribution in [0.3, 0.4) is 0 Å². The SMILES string of the molecule is Nc1ncnc2c1nc(Sc1cc3onnc3cc1I)n2CCNCCNS(N)(=O)=O. The fourth-order valence-corrected chi connectivity index (χ4v) is 4.88. The van der Waals surface area contributed by atoms with Crippen molar-refractivity contribution in [1.82, 2.24) is 39.9 Å². The van der Waals surface area contributed by atoms with Crippen LogP contribution in [0.2, 0.25) is 0 Å². The first-order chi connectivity index (χ1) is 14.8. The third-order valence-electron chi connectivity index (χ3n) is 4.14. The van der Waals surface area contributed by atoms with Crippen LogP contribution in [-0.4, -0.2) is 57.9 Å². The quantitative estimate of drug-likeness (QED) is 0.156. The number of nitrogens with zero attached hydrogens (tertiary/aromatic N) is 6. The topological polar surface area (TPSA) is 193 Å². The van der Waals surface area contributed by atoms with Gasteiger partial charge < -0.3 is 20.1 Å². The summed E-state index contributed by atoms with van der Waals surface area (Å²) in [4.78, 5) is 13.9. The van der Waals surface area contributed by atoms with Gasteiger partial charge >= 0.3 is 0 Å². The van der Waals surface area contributed by atoms with Crippen molar-refractivity contribution in [2.45, 2.75) is 16.6 Å². The number of benzene rings is 1. The summed E-state index contributed by atoms with van der Waals surface area (Å²) in [7, 11) is -3.70. The van der Waals surface area contributed by atoms with Gasteiger partial charge in [-0.05, 0) is 28.7 Å². The van der Waals surface area contributed by atoms with E-state index < -0.39 is 10.2 Å². The molecular formula is C15H17IN10O3S2. The fraction of sp³-hybridized carbons (Fsp3) is 0.267. The number of anilines is 1. The summed E-state index contributed by atoms with van der Waals surface area (Å²) in [5.74, 6) is 0.292. The lowest BCUT2D eigenvalue weighted by molar-refractivity contribution is 0.423. The maximum atomic E-state index is 10.9. The third kappa shape index (κ3) is 5.21. The molecule has 0 atom stereocenters. The predicted molar refractivity (Wildman–Crippen MR) is 122 cm³/mol. The zero-order chi connectivity index (χ0) is 22.0. The van der Waals surface area contributed by atoms with Crippen molar-refractivity contribution in [1.29, 1.82) is 0 Å². The van der Waals surface area contributed by atoms with Crippen molar-refractivity contribution in [3.8, 4) is 0 Å². The minimum atomic E-state index is -3.70. The molecule has 0 aliphatic rings. The van der Waals surface area contributed by atoms with Crippen molar-refractivity contribution in [2.75, 3.05) is 25.4 Å². The van der Waals surface area contributed by atoms with Crippen molar-refractivity contribution in [2.24, 2.45) is 5.14 Å². The van der Waals surface area contributed by atoms with Gasteiger partial charge in [0, 0.05) is 46.0 Å². The Balaban J connectivity index is 1.56. The molecule has 0 bridgehead atoms. The van der Waals surface area contributed by atoms with Gasteiger partial charge in [-0.25, -0.2) is 24.8 Å². The summed E-state index contributed by atoms with van der Waals surface area (Å²) in [6, 6.07) is 3.74. The predicted octanol–water partition coefficient (Wildman–Crippen LogP) is 0.0832. The number of hydrogen-bond donors (Lipinski definition) is 4. The molecule has 0 spiro atoms. The molecule has 0 saturated carbocycles. The standard InChI is InChI=1S/C15H17IN10O3S2/c16-8-5-9-10(29-25-24-9)6-11(8)30-15-23-12-13(17)20-7-21-14(12)26(15)4-3-19-1-2-22-31(18,27)28/h5-7,19,22H,1-4H2,(H2,17,20,21)(H2,18,27,28). The normalized spacial score (nSPS) is 12.2. The van der Waals surface area contributed by atoms with Crippen LogP contribution >= 0.6 is 34.4 Å². The molecule has 0 aliphatic heterocycles. The number of nitrogens with one attached hydrogen (secondary N) is 2. The van der Waals surface area contributed by atoms with Gasteiger partial charge in [-0.2, -0.15) is 8.42 Å². The Morgan fingerprint density at radius 1 is 1.23 bits per heavy atom. The third-order valence-corrected chi connectivity index (χ3v) is 7.06. The molecular weight excluding hydrogens is 559 g/mol. The van der Waals surface area contributed by atoms with Crippen LogP contribution in [0.1, 0.15) is 0 Å². The average molecular weight is 576 g/mol. The molecule has 0 unspecified atom stereocenters. The number of hydrogen-bond acceptors (Lipinski definition) is 11. The number of halogens is 1. The maximum Gasteiger partial charge on any atom is 0.274 e. The second kappa shape index (κ2) is 9.17. The number of nitrogen functional groups attached to an aromatic ring is 1. The van der Waals surface area contributed by atoms with Crippen LogP contribution < -0.4 is 20.9 Å². The first-order valence-electron chi connectivity index (χ1n) is 8.86. The molecule has 0 fully saturated rings. The fourth-order valence-electron chi connectivity index (χ4n) is 2.77. The number of rotatable bonds is 9. The minimum Gasteiger partial charge on any atom is -0.382 e. The van der Waals surface area contributed by atoms with E-state index >= 15 is 0 Å². The van der Waals surface area contributed by atoms with Crippen molar-refractivity contribution in [3.05, 3.63) is 22.0 Å². The molecule has 13 nitrogen and oxygen atoms in total. The molecule has 0 aliphatic carbocycles. The van der Waals surface area contributed by atoms with Gasteiger partial charge in [0.15, 0.2) is 27.7 Å². The number of fused-ring (bicyclic) bond motifs is 2. The zero-order valence-electron chi connectivity index (χ0n) is 15.8. The highest BCUT2D eigenvalue weighted by Crippen LogP contribution is 2.35. The van der Waals surface area contributed by atoms with Crippen LogP contribution in [0, 0.1) is 3.57 Å². The van der Waals surface area contributed by atoms with E-state index in [4.69, 9.17) is 15.4 Å². The highest BCUT2D eigenvalue weighted by Gasteiger charge is 2.18. The lowest BCUT2D eigenvalue weighted by Crippen LogP contribution is -2.36. The lowest BCUT2D eigenvalue weighted by Gasteiger charge is -2.10. The van der Waals surface area contributed by atoms with E-state index in [9.17, 15) is 8.42 Å². The molecule has 31 heavy (non-hydrogen) atoms. The van der Waals surface area contributed by atoms with Crippen LogP contribution in [0.25, 0.3) is 22.3 Å². The van der Waals surface area contributed by atoms with Crippen LogP contribution in [0.5, 0.6) is 0 Å². The van der Waals surface area contributed by atoms with E-state index in [2.05, 4.69) is 58.0 Å². The Hall–Kier alpha value is -2.12. The minimum absolute atomic E-state index is 0.184. The van der Waals surface area contributed by atoms with E-state index in [0.717, 1.165) is 8.47 Å². The molecule has 0 amide bonds. The lowest BCUT2D eigenvalue weighted by atomic mass is 10.3. The first-order valence-corrected chi connectivity index (χ1v) is 12.3. The molecule has 6 N–H and O–H groups in total. The summed E-state index contributed by atoms with van der Waals surface area (Å²) in [5, 5.41) is 16.3. The van der Waals surface area contributed by atoms with Crippen molar-refractivity contribution >= 4 is 72.6 Å².